The first kappa shape index (κ1) is 26.6. The molecule has 0 fully saturated rings. The second-order valence-electron chi connectivity index (χ2n) is 7.65. The fraction of sp³-hybridized carbons (Fsp3) is 0.720. The lowest BCUT2D eigenvalue weighted by Crippen LogP contribution is -2.42. The standard InChI is InChI=1S/C25H45NO2/c1-4-7-8-9-10-11-12-13-14-15-16-17-18-19-20-21-25(28)26-24(22-27)23(5-2)6-3/h5,10-11,13-14,23-24,27H,2,4,6-9,12,15-22H2,1,3H3,(H,26,28)/b11-10-,14-13-/t23-,24+/m0/s1. The molecule has 0 aliphatic heterocycles. The van der Waals surface area contributed by atoms with E-state index in [0.29, 0.717) is 6.42 Å². The third-order valence-electron chi connectivity index (χ3n) is 5.19. The number of allylic oxidation sites excluding steroid dienone is 4. The van der Waals surface area contributed by atoms with E-state index in [4.69, 9.17) is 0 Å². The zero-order chi connectivity index (χ0) is 20.9. The average Bonchev–Trinajstić information content (AvgIpc) is 2.70. The van der Waals surface area contributed by atoms with Crippen LogP contribution in [0.25, 0.3) is 0 Å². The Morgan fingerprint density at radius 2 is 1.54 bits per heavy atom. The highest BCUT2D eigenvalue weighted by atomic mass is 16.3. The second-order valence-corrected chi connectivity index (χ2v) is 7.65. The molecule has 2 atom stereocenters. The first-order valence-electron chi connectivity index (χ1n) is 11.5. The van der Waals surface area contributed by atoms with Crippen molar-refractivity contribution in [2.75, 3.05) is 6.61 Å². The van der Waals surface area contributed by atoms with Crippen molar-refractivity contribution in [2.24, 2.45) is 5.92 Å². The van der Waals surface area contributed by atoms with Gasteiger partial charge >= 0.3 is 0 Å². The minimum Gasteiger partial charge on any atom is -0.394 e. The molecule has 2 N–H and O–H groups in total. The Kier molecular flexibility index (Phi) is 19.4. The van der Waals surface area contributed by atoms with Crippen molar-refractivity contribution < 1.29 is 9.90 Å². The van der Waals surface area contributed by atoms with Crippen molar-refractivity contribution >= 4 is 5.91 Å². The van der Waals surface area contributed by atoms with Gasteiger partial charge in [0, 0.05) is 6.42 Å². The Bertz CT molecular complexity index is 428. The summed E-state index contributed by atoms with van der Waals surface area (Å²) in [4.78, 5) is 12.0. The van der Waals surface area contributed by atoms with Crippen molar-refractivity contribution in [3.05, 3.63) is 37.0 Å². The Hall–Kier alpha value is -1.35. The third-order valence-corrected chi connectivity index (χ3v) is 5.19. The van der Waals surface area contributed by atoms with Gasteiger partial charge in [0.2, 0.25) is 5.91 Å². The third kappa shape index (κ3) is 15.7. The Balaban J connectivity index is 3.57. The van der Waals surface area contributed by atoms with Crippen LogP contribution < -0.4 is 5.32 Å². The maximum Gasteiger partial charge on any atom is 0.220 e. The number of nitrogens with one attached hydrogen (secondary N) is 1. The summed E-state index contributed by atoms with van der Waals surface area (Å²) in [6.07, 6.45) is 25.4. The largest absolute Gasteiger partial charge is 0.394 e. The molecule has 0 heterocycles. The van der Waals surface area contributed by atoms with Crippen LogP contribution in [0, 0.1) is 5.92 Å². The molecule has 1 amide bonds. The first-order chi connectivity index (χ1) is 13.7. The van der Waals surface area contributed by atoms with Crippen LogP contribution in [-0.2, 0) is 4.79 Å². The monoisotopic (exact) mass is 391 g/mol. The van der Waals surface area contributed by atoms with Crippen molar-refractivity contribution in [2.45, 2.75) is 103 Å². The number of carbonyl (C=O) groups is 1. The summed E-state index contributed by atoms with van der Waals surface area (Å²) in [6, 6.07) is -0.201. The minimum atomic E-state index is -0.201. The molecule has 28 heavy (non-hydrogen) atoms. The van der Waals surface area contributed by atoms with E-state index in [1.165, 1.54) is 44.9 Å². The number of aliphatic hydroxyl groups excluding tert-OH is 1. The molecule has 0 saturated carbocycles. The molecule has 0 radical (unpaired) electrons. The quantitative estimate of drug-likeness (QED) is 0.195. The maximum absolute atomic E-state index is 12.0. The van der Waals surface area contributed by atoms with Crippen LogP contribution in [0.2, 0.25) is 0 Å². The van der Waals surface area contributed by atoms with E-state index >= 15 is 0 Å². The van der Waals surface area contributed by atoms with Crippen LogP contribution in [0.5, 0.6) is 0 Å². The van der Waals surface area contributed by atoms with Gasteiger partial charge in [0.1, 0.15) is 0 Å². The maximum atomic E-state index is 12.0. The summed E-state index contributed by atoms with van der Waals surface area (Å²) < 4.78 is 0. The molecule has 0 unspecified atom stereocenters. The van der Waals surface area contributed by atoms with E-state index in [0.717, 1.165) is 32.1 Å². The summed E-state index contributed by atoms with van der Waals surface area (Å²) in [6.45, 7) is 8.04. The highest BCUT2D eigenvalue weighted by Gasteiger charge is 2.18. The molecule has 162 valence electrons. The van der Waals surface area contributed by atoms with Crippen LogP contribution in [0.15, 0.2) is 37.0 Å². The van der Waals surface area contributed by atoms with Crippen molar-refractivity contribution in [3.8, 4) is 0 Å². The van der Waals surface area contributed by atoms with Crippen molar-refractivity contribution in [1.82, 2.24) is 5.32 Å². The molecule has 0 aromatic heterocycles. The first-order valence-corrected chi connectivity index (χ1v) is 11.5. The molecule has 3 nitrogen and oxygen atoms in total. The van der Waals surface area contributed by atoms with Gasteiger partial charge in [-0.05, 0) is 50.9 Å². The Morgan fingerprint density at radius 1 is 0.929 bits per heavy atom. The number of unbranched alkanes of at least 4 members (excludes halogenated alkanes) is 8. The topological polar surface area (TPSA) is 49.3 Å². The highest BCUT2D eigenvalue weighted by molar-refractivity contribution is 5.76. The fourth-order valence-electron chi connectivity index (χ4n) is 3.28. The second kappa shape index (κ2) is 20.4. The van der Waals surface area contributed by atoms with Crippen LogP contribution >= 0.6 is 0 Å². The summed E-state index contributed by atoms with van der Waals surface area (Å²) in [5.41, 5.74) is 0. The Morgan fingerprint density at radius 3 is 2.11 bits per heavy atom. The molecule has 0 bridgehead atoms. The lowest BCUT2D eigenvalue weighted by Gasteiger charge is -2.22. The zero-order valence-corrected chi connectivity index (χ0v) is 18.5. The van der Waals surface area contributed by atoms with E-state index in [1.807, 2.05) is 13.0 Å². The van der Waals surface area contributed by atoms with Crippen molar-refractivity contribution in [1.29, 1.82) is 0 Å². The number of carbonyl (C=O) groups excluding carboxylic acids is 1. The summed E-state index contributed by atoms with van der Waals surface area (Å²) in [5.74, 6) is 0.184. The highest BCUT2D eigenvalue weighted by Crippen LogP contribution is 2.11. The predicted molar refractivity (Wildman–Crippen MR) is 122 cm³/mol. The lowest BCUT2D eigenvalue weighted by atomic mass is 9.97. The molecular weight excluding hydrogens is 346 g/mol. The van der Waals surface area contributed by atoms with Gasteiger partial charge < -0.3 is 10.4 Å². The molecule has 0 spiro atoms. The fourth-order valence-corrected chi connectivity index (χ4v) is 3.28. The van der Waals surface area contributed by atoms with Gasteiger partial charge in [-0.1, -0.05) is 76.3 Å². The Labute approximate surface area is 174 Å². The van der Waals surface area contributed by atoms with Crippen molar-refractivity contribution in [3.63, 3.8) is 0 Å². The van der Waals surface area contributed by atoms with Crippen LogP contribution in [0.3, 0.4) is 0 Å². The van der Waals surface area contributed by atoms with E-state index in [9.17, 15) is 9.90 Å². The molecule has 0 aliphatic carbocycles. The van der Waals surface area contributed by atoms with Gasteiger partial charge in [-0.2, -0.15) is 0 Å². The lowest BCUT2D eigenvalue weighted by molar-refractivity contribution is -0.122. The molecule has 0 aliphatic rings. The van der Waals surface area contributed by atoms with Crippen LogP contribution in [-0.4, -0.2) is 23.7 Å². The molecule has 0 aromatic carbocycles. The number of hydrogen-bond acceptors (Lipinski definition) is 2. The molecule has 0 saturated heterocycles. The van der Waals surface area contributed by atoms with E-state index in [-0.39, 0.29) is 24.5 Å². The molecule has 3 heteroatoms. The number of hydrogen-bond donors (Lipinski definition) is 2. The van der Waals surface area contributed by atoms with Gasteiger partial charge in [0.25, 0.3) is 0 Å². The van der Waals surface area contributed by atoms with Crippen LogP contribution in [0.4, 0.5) is 0 Å². The van der Waals surface area contributed by atoms with Gasteiger partial charge in [-0.25, -0.2) is 0 Å². The zero-order valence-electron chi connectivity index (χ0n) is 18.5. The summed E-state index contributed by atoms with van der Waals surface area (Å²) in [7, 11) is 0. The van der Waals surface area contributed by atoms with E-state index in [1.54, 1.807) is 0 Å². The molecular formula is C25H45NO2. The summed E-state index contributed by atoms with van der Waals surface area (Å²) >= 11 is 0. The van der Waals surface area contributed by atoms with E-state index in [2.05, 4.69) is 43.1 Å². The number of rotatable bonds is 19. The molecule has 0 aromatic rings. The smallest absolute Gasteiger partial charge is 0.220 e. The van der Waals surface area contributed by atoms with E-state index < -0.39 is 0 Å². The number of amides is 1. The number of aliphatic hydroxyl groups is 1. The normalized spacial score (nSPS) is 13.8. The van der Waals surface area contributed by atoms with Gasteiger partial charge in [-0.3, -0.25) is 4.79 Å². The van der Waals surface area contributed by atoms with Gasteiger partial charge in [0.15, 0.2) is 0 Å². The van der Waals surface area contributed by atoms with Gasteiger partial charge in [0.05, 0.1) is 12.6 Å². The minimum absolute atomic E-state index is 0.0293. The van der Waals surface area contributed by atoms with Crippen LogP contribution in [0.1, 0.15) is 97.3 Å². The molecule has 0 rings (SSSR count). The van der Waals surface area contributed by atoms with Gasteiger partial charge in [-0.15, -0.1) is 6.58 Å². The predicted octanol–water partition coefficient (Wildman–Crippen LogP) is 6.49. The SMILES string of the molecule is C=C[C@@H](CC)[C@@H](CO)NC(=O)CCCCCCC/C=C\C/C=C\CCCCC. The average molecular weight is 392 g/mol. The summed E-state index contributed by atoms with van der Waals surface area (Å²) in [5, 5.41) is 12.4.